The Morgan fingerprint density at radius 2 is 2.06 bits per heavy atom. The molecule has 1 aromatic rings. The maximum absolute atomic E-state index is 11.8. The van der Waals surface area contributed by atoms with Crippen molar-refractivity contribution in [1.82, 2.24) is 0 Å². The van der Waals surface area contributed by atoms with Gasteiger partial charge in [-0.25, -0.2) is 8.42 Å². The van der Waals surface area contributed by atoms with Crippen molar-refractivity contribution in [1.29, 1.82) is 0 Å². The van der Waals surface area contributed by atoms with Crippen LogP contribution in [-0.2, 0) is 10.0 Å². The highest BCUT2D eigenvalue weighted by molar-refractivity contribution is 7.92. The molecule has 5 nitrogen and oxygen atoms in total. The largest absolute Gasteiger partial charge is 0.497 e. The molecule has 0 unspecified atom stereocenters. The first-order valence-electron chi connectivity index (χ1n) is 5.28. The first kappa shape index (κ1) is 13.6. The highest BCUT2D eigenvalue weighted by atomic mass is 32.2. The fourth-order valence-electron chi connectivity index (χ4n) is 1.40. The van der Waals surface area contributed by atoms with Gasteiger partial charge in [0, 0.05) is 6.07 Å². The smallest absolute Gasteiger partial charge is 0.233 e. The number of anilines is 2. The van der Waals surface area contributed by atoms with Crippen LogP contribution in [0.4, 0.5) is 11.4 Å². The molecule has 0 saturated heterocycles. The van der Waals surface area contributed by atoms with E-state index < -0.39 is 10.0 Å². The van der Waals surface area contributed by atoms with Gasteiger partial charge in [-0.15, -0.1) is 0 Å². The van der Waals surface area contributed by atoms with E-state index in [1.807, 2.05) is 13.8 Å². The number of nitrogens with one attached hydrogen (secondary N) is 1. The molecule has 3 N–H and O–H groups in total. The van der Waals surface area contributed by atoms with Gasteiger partial charge in [-0.1, -0.05) is 13.8 Å². The lowest BCUT2D eigenvalue weighted by molar-refractivity contribution is 0.415. The number of ether oxygens (including phenoxy) is 1. The van der Waals surface area contributed by atoms with E-state index in [0.717, 1.165) is 0 Å². The summed E-state index contributed by atoms with van der Waals surface area (Å²) in [5.41, 5.74) is 6.42. The minimum atomic E-state index is -3.37. The summed E-state index contributed by atoms with van der Waals surface area (Å²) >= 11 is 0. The molecule has 1 aromatic carbocycles. The van der Waals surface area contributed by atoms with Crippen molar-refractivity contribution in [3.8, 4) is 5.75 Å². The van der Waals surface area contributed by atoms with Crippen LogP contribution in [0.1, 0.15) is 13.8 Å². The number of hydrogen-bond acceptors (Lipinski definition) is 4. The molecule has 96 valence electrons. The number of sulfonamides is 1. The molecule has 0 aliphatic rings. The fourth-order valence-corrected chi connectivity index (χ4v) is 2.87. The molecule has 0 fully saturated rings. The van der Waals surface area contributed by atoms with E-state index in [2.05, 4.69) is 4.72 Å². The Bertz CT molecular complexity index is 483. The summed E-state index contributed by atoms with van der Waals surface area (Å²) in [5, 5.41) is 0. The van der Waals surface area contributed by atoms with Crippen molar-refractivity contribution in [2.24, 2.45) is 5.92 Å². The Kier molecular flexibility index (Phi) is 4.22. The van der Waals surface area contributed by atoms with Crippen LogP contribution in [0.3, 0.4) is 0 Å². The molecular formula is C11H18N2O3S. The Morgan fingerprint density at radius 1 is 1.41 bits per heavy atom. The highest BCUT2D eigenvalue weighted by Gasteiger charge is 2.14. The molecule has 0 saturated carbocycles. The van der Waals surface area contributed by atoms with Gasteiger partial charge < -0.3 is 10.5 Å². The normalized spacial score (nSPS) is 11.5. The topological polar surface area (TPSA) is 81.4 Å². The first-order valence-corrected chi connectivity index (χ1v) is 6.93. The van der Waals surface area contributed by atoms with E-state index in [9.17, 15) is 8.42 Å². The lowest BCUT2D eigenvalue weighted by atomic mass is 10.2. The fraction of sp³-hybridized carbons (Fsp3) is 0.455. The Labute approximate surface area is 102 Å². The van der Waals surface area contributed by atoms with Crippen LogP contribution in [0.25, 0.3) is 0 Å². The summed E-state index contributed by atoms with van der Waals surface area (Å²) in [7, 11) is -1.86. The predicted octanol–water partition coefficient (Wildman–Crippen LogP) is 1.68. The molecule has 1 rings (SSSR count). The zero-order valence-electron chi connectivity index (χ0n) is 10.2. The molecule has 0 spiro atoms. The van der Waals surface area contributed by atoms with Crippen LogP contribution in [-0.4, -0.2) is 21.3 Å². The number of nitrogens with two attached hydrogens (primary N) is 1. The average molecular weight is 258 g/mol. The second kappa shape index (κ2) is 5.27. The Hall–Kier alpha value is -1.43. The van der Waals surface area contributed by atoms with Gasteiger partial charge in [-0.2, -0.15) is 0 Å². The number of nitrogen functional groups attached to an aromatic ring is 1. The van der Waals surface area contributed by atoms with Crippen LogP contribution < -0.4 is 15.2 Å². The monoisotopic (exact) mass is 258 g/mol. The minimum absolute atomic E-state index is 0.0549. The quantitative estimate of drug-likeness (QED) is 0.787. The predicted molar refractivity (Wildman–Crippen MR) is 69.7 cm³/mol. The van der Waals surface area contributed by atoms with Gasteiger partial charge in [-0.05, 0) is 18.1 Å². The first-order chi connectivity index (χ1) is 7.84. The van der Waals surface area contributed by atoms with E-state index in [0.29, 0.717) is 17.1 Å². The summed E-state index contributed by atoms with van der Waals surface area (Å²) in [6.45, 7) is 3.68. The van der Waals surface area contributed by atoms with Crippen molar-refractivity contribution in [2.75, 3.05) is 23.3 Å². The molecule has 0 aromatic heterocycles. The van der Waals surface area contributed by atoms with Gasteiger partial charge in [-0.3, -0.25) is 4.72 Å². The lowest BCUT2D eigenvalue weighted by Crippen LogP contribution is -2.20. The third kappa shape index (κ3) is 4.14. The Morgan fingerprint density at radius 3 is 2.59 bits per heavy atom. The van der Waals surface area contributed by atoms with Crippen LogP contribution in [0.2, 0.25) is 0 Å². The van der Waals surface area contributed by atoms with Crippen molar-refractivity contribution in [2.45, 2.75) is 13.8 Å². The minimum Gasteiger partial charge on any atom is -0.497 e. The maximum atomic E-state index is 11.8. The summed E-state index contributed by atoms with van der Waals surface area (Å²) in [5.74, 6) is 0.671. The third-order valence-corrected chi connectivity index (χ3v) is 3.72. The van der Waals surface area contributed by atoms with Crippen molar-refractivity contribution >= 4 is 21.4 Å². The number of rotatable bonds is 5. The van der Waals surface area contributed by atoms with Crippen LogP contribution in [0, 0.1) is 5.92 Å². The van der Waals surface area contributed by atoms with E-state index in [-0.39, 0.29) is 11.7 Å². The molecule has 0 aliphatic carbocycles. The maximum Gasteiger partial charge on any atom is 0.233 e. The zero-order valence-corrected chi connectivity index (χ0v) is 11.0. The van der Waals surface area contributed by atoms with Crippen molar-refractivity contribution < 1.29 is 13.2 Å². The van der Waals surface area contributed by atoms with Gasteiger partial charge in [0.1, 0.15) is 5.75 Å². The van der Waals surface area contributed by atoms with Crippen LogP contribution in [0.5, 0.6) is 5.75 Å². The number of hydrogen-bond donors (Lipinski definition) is 2. The van der Waals surface area contributed by atoms with Crippen LogP contribution in [0.15, 0.2) is 18.2 Å². The highest BCUT2D eigenvalue weighted by Crippen LogP contribution is 2.25. The second-order valence-corrected chi connectivity index (χ2v) is 6.00. The molecule has 0 amide bonds. The Balaban J connectivity index is 2.94. The molecule has 0 radical (unpaired) electrons. The van der Waals surface area contributed by atoms with E-state index in [4.69, 9.17) is 10.5 Å². The summed E-state index contributed by atoms with van der Waals surface area (Å²) in [6.07, 6.45) is 0. The van der Waals surface area contributed by atoms with E-state index in [1.165, 1.54) is 7.11 Å². The van der Waals surface area contributed by atoms with Crippen molar-refractivity contribution in [3.05, 3.63) is 18.2 Å². The molecule has 0 aliphatic heterocycles. The second-order valence-electron chi connectivity index (χ2n) is 4.23. The zero-order chi connectivity index (χ0) is 13.1. The summed E-state index contributed by atoms with van der Waals surface area (Å²) < 4.78 is 31.0. The lowest BCUT2D eigenvalue weighted by Gasteiger charge is -2.12. The van der Waals surface area contributed by atoms with Gasteiger partial charge in [0.2, 0.25) is 10.0 Å². The van der Waals surface area contributed by atoms with Gasteiger partial charge in [0.05, 0.1) is 24.2 Å². The molecule has 0 bridgehead atoms. The number of methoxy groups -OCH3 is 1. The molecular weight excluding hydrogens is 240 g/mol. The van der Waals surface area contributed by atoms with E-state index in [1.54, 1.807) is 18.2 Å². The van der Waals surface area contributed by atoms with Crippen LogP contribution >= 0.6 is 0 Å². The standard InChI is InChI=1S/C11H18N2O3S/c1-8(2)7-17(14,15)13-11-6-9(16-3)4-5-10(11)12/h4-6,8,13H,7,12H2,1-3H3. The third-order valence-electron chi connectivity index (χ3n) is 2.08. The van der Waals surface area contributed by atoms with Gasteiger partial charge in [0.15, 0.2) is 0 Å². The van der Waals surface area contributed by atoms with Gasteiger partial charge >= 0.3 is 0 Å². The molecule has 0 atom stereocenters. The number of benzene rings is 1. The molecule has 0 heterocycles. The SMILES string of the molecule is COc1ccc(N)c(NS(=O)(=O)CC(C)C)c1. The van der Waals surface area contributed by atoms with E-state index >= 15 is 0 Å². The average Bonchev–Trinajstić information content (AvgIpc) is 2.19. The van der Waals surface area contributed by atoms with Crippen molar-refractivity contribution in [3.63, 3.8) is 0 Å². The summed E-state index contributed by atoms with van der Waals surface area (Å²) in [4.78, 5) is 0. The molecule has 6 heteroatoms. The molecule has 17 heavy (non-hydrogen) atoms. The van der Waals surface area contributed by atoms with Gasteiger partial charge in [0.25, 0.3) is 0 Å². The summed E-state index contributed by atoms with van der Waals surface area (Å²) in [6, 6.07) is 4.84.